The Morgan fingerprint density at radius 2 is 1.63 bits per heavy atom. The second-order valence-corrected chi connectivity index (χ2v) is 10.9. The summed E-state index contributed by atoms with van der Waals surface area (Å²) in [5, 5.41) is 23.9. The van der Waals surface area contributed by atoms with Gasteiger partial charge in [0.25, 0.3) is 0 Å². The largest absolute Gasteiger partial charge is 0.502 e. The van der Waals surface area contributed by atoms with Gasteiger partial charge in [-0.3, -0.25) is 10.2 Å². The molecule has 0 aliphatic carbocycles. The first-order chi connectivity index (χ1) is 20.0. The minimum Gasteiger partial charge on any atom is -0.502 e. The molecule has 0 bridgehead atoms. The van der Waals surface area contributed by atoms with E-state index >= 15 is 0 Å². The fraction of sp³-hybridized carbons (Fsp3) is 0.375. The Morgan fingerprint density at radius 3 is 2.20 bits per heavy atom. The van der Waals surface area contributed by atoms with E-state index in [2.05, 4.69) is 24.1 Å². The van der Waals surface area contributed by atoms with Crippen molar-refractivity contribution < 1.29 is 19.4 Å². The predicted octanol–water partition coefficient (Wildman–Crippen LogP) is 6.61. The van der Waals surface area contributed by atoms with E-state index in [1.807, 2.05) is 46.7 Å². The van der Waals surface area contributed by atoms with E-state index in [1.165, 1.54) is 11.3 Å². The molecule has 0 saturated carbocycles. The van der Waals surface area contributed by atoms with E-state index in [-0.39, 0.29) is 11.7 Å². The maximum absolute atomic E-state index is 13.0. The van der Waals surface area contributed by atoms with Crippen LogP contribution in [0.2, 0.25) is 0 Å². The number of anilines is 2. The van der Waals surface area contributed by atoms with Gasteiger partial charge in [-0.1, -0.05) is 32.8 Å². The van der Waals surface area contributed by atoms with Gasteiger partial charge in [-0.15, -0.1) is 11.3 Å². The lowest BCUT2D eigenvalue weighted by molar-refractivity contribution is -0.126. The van der Waals surface area contributed by atoms with Crippen molar-refractivity contribution in [2.75, 3.05) is 49.6 Å². The molecule has 0 atom stereocenters. The number of aromatic hydroxyl groups is 1. The molecule has 1 amide bonds. The SMILES string of the molecule is CCCCOc1cc(C=CC(=O)N2CCN(c3ccc(NC(=N)c4cccs4)cc3)CC2)cc(OCCCC)c1O. The van der Waals surface area contributed by atoms with Gasteiger partial charge in [-0.05, 0) is 72.3 Å². The van der Waals surface area contributed by atoms with Crippen LogP contribution in [0.3, 0.4) is 0 Å². The van der Waals surface area contributed by atoms with Crippen molar-refractivity contribution in [1.29, 1.82) is 5.41 Å². The number of ether oxygens (including phenoxy) is 2. The molecule has 218 valence electrons. The number of piperazine rings is 1. The summed E-state index contributed by atoms with van der Waals surface area (Å²) in [6, 6.07) is 15.4. The third kappa shape index (κ3) is 8.50. The number of amidine groups is 1. The van der Waals surface area contributed by atoms with E-state index in [0.717, 1.165) is 60.6 Å². The molecular formula is C32H40N4O4S. The van der Waals surface area contributed by atoms with Gasteiger partial charge < -0.3 is 29.7 Å². The summed E-state index contributed by atoms with van der Waals surface area (Å²) in [7, 11) is 0. The van der Waals surface area contributed by atoms with Crippen molar-refractivity contribution in [3.8, 4) is 17.2 Å². The number of hydrogen-bond donors (Lipinski definition) is 3. The van der Waals surface area contributed by atoms with Gasteiger partial charge >= 0.3 is 0 Å². The molecular weight excluding hydrogens is 536 g/mol. The number of phenols is 1. The molecule has 41 heavy (non-hydrogen) atoms. The smallest absolute Gasteiger partial charge is 0.246 e. The first-order valence-corrected chi connectivity index (χ1v) is 15.2. The number of rotatable bonds is 13. The number of benzene rings is 2. The monoisotopic (exact) mass is 576 g/mol. The first kappa shape index (κ1) is 30.0. The predicted molar refractivity (Wildman–Crippen MR) is 168 cm³/mol. The highest BCUT2D eigenvalue weighted by molar-refractivity contribution is 7.12. The van der Waals surface area contributed by atoms with Gasteiger partial charge in [0.15, 0.2) is 11.5 Å². The summed E-state index contributed by atoms with van der Waals surface area (Å²) in [5.74, 6) is 1.09. The molecule has 1 aliphatic heterocycles. The van der Waals surface area contributed by atoms with Crippen molar-refractivity contribution in [3.05, 3.63) is 70.4 Å². The Balaban J connectivity index is 1.33. The molecule has 8 nitrogen and oxygen atoms in total. The lowest BCUT2D eigenvalue weighted by Gasteiger charge is -2.35. The second kappa shape index (κ2) is 15.1. The Labute approximate surface area is 246 Å². The Kier molecular flexibility index (Phi) is 11.1. The number of thiophene rings is 1. The van der Waals surface area contributed by atoms with Crippen molar-refractivity contribution in [1.82, 2.24) is 4.90 Å². The molecule has 0 spiro atoms. The number of hydrogen-bond acceptors (Lipinski definition) is 7. The number of carbonyl (C=O) groups is 1. The van der Waals surface area contributed by atoms with Crippen LogP contribution in [-0.2, 0) is 4.79 Å². The van der Waals surface area contributed by atoms with Gasteiger partial charge in [-0.25, -0.2) is 0 Å². The van der Waals surface area contributed by atoms with Crippen LogP contribution in [0.15, 0.2) is 60.0 Å². The van der Waals surface area contributed by atoms with Crippen LogP contribution in [0.25, 0.3) is 6.08 Å². The van der Waals surface area contributed by atoms with Crippen LogP contribution in [-0.4, -0.2) is 61.1 Å². The summed E-state index contributed by atoms with van der Waals surface area (Å²) in [5.41, 5.74) is 2.71. The third-order valence-electron chi connectivity index (χ3n) is 6.85. The van der Waals surface area contributed by atoms with E-state index in [0.29, 0.717) is 43.6 Å². The van der Waals surface area contributed by atoms with Crippen molar-refractivity contribution >= 4 is 40.5 Å². The van der Waals surface area contributed by atoms with E-state index in [4.69, 9.17) is 14.9 Å². The summed E-state index contributed by atoms with van der Waals surface area (Å²) in [4.78, 5) is 18.0. The maximum Gasteiger partial charge on any atom is 0.246 e. The Hall–Kier alpha value is -3.98. The van der Waals surface area contributed by atoms with Gasteiger partial charge in [0, 0.05) is 43.6 Å². The molecule has 4 rings (SSSR count). The van der Waals surface area contributed by atoms with Gasteiger partial charge in [0.2, 0.25) is 11.7 Å². The van der Waals surface area contributed by atoms with Crippen LogP contribution >= 0.6 is 11.3 Å². The van der Waals surface area contributed by atoms with Crippen LogP contribution < -0.4 is 19.7 Å². The second-order valence-electron chi connectivity index (χ2n) is 9.94. The van der Waals surface area contributed by atoms with Gasteiger partial charge in [0.05, 0.1) is 18.1 Å². The first-order valence-electron chi connectivity index (χ1n) is 14.3. The van der Waals surface area contributed by atoms with Crippen molar-refractivity contribution in [2.24, 2.45) is 0 Å². The fourth-order valence-electron chi connectivity index (χ4n) is 4.41. The number of unbranched alkanes of at least 4 members (excludes halogenated alkanes) is 2. The zero-order chi connectivity index (χ0) is 29.0. The molecule has 2 aromatic carbocycles. The number of nitrogens with one attached hydrogen (secondary N) is 2. The van der Waals surface area contributed by atoms with Gasteiger partial charge in [-0.2, -0.15) is 0 Å². The van der Waals surface area contributed by atoms with Crippen molar-refractivity contribution in [3.63, 3.8) is 0 Å². The minimum absolute atomic E-state index is 0.00129. The number of phenolic OH excluding ortho intramolecular Hbond substituents is 1. The average molecular weight is 577 g/mol. The van der Waals surface area contributed by atoms with E-state index in [1.54, 1.807) is 24.3 Å². The summed E-state index contributed by atoms with van der Waals surface area (Å²) < 4.78 is 11.6. The third-order valence-corrected chi connectivity index (χ3v) is 7.74. The number of nitrogens with zero attached hydrogens (tertiary/aromatic N) is 2. The van der Waals surface area contributed by atoms with Gasteiger partial charge in [0.1, 0.15) is 5.84 Å². The quantitative estimate of drug-likeness (QED) is 0.0917. The highest BCUT2D eigenvalue weighted by Gasteiger charge is 2.20. The molecule has 1 saturated heterocycles. The lowest BCUT2D eigenvalue weighted by atomic mass is 10.1. The van der Waals surface area contributed by atoms with E-state index in [9.17, 15) is 9.90 Å². The summed E-state index contributed by atoms with van der Waals surface area (Å²) in [6.45, 7) is 7.91. The molecule has 0 unspecified atom stereocenters. The molecule has 2 heterocycles. The Morgan fingerprint density at radius 1 is 1.00 bits per heavy atom. The summed E-state index contributed by atoms with van der Waals surface area (Å²) in [6.07, 6.45) is 7.09. The zero-order valence-corrected chi connectivity index (χ0v) is 24.7. The molecule has 1 aliphatic rings. The van der Waals surface area contributed by atoms with E-state index < -0.39 is 0 Å². The number of carbonyl (C=O) groups excluding carboxylic acids is 1. The van der Waals surface area contributed by atoms with Crippen LogP contribution in [0, 0.1) is 5.41 Å². The Bertz CT molecular complexity index is 1270. The molecule has 1 fully saturated rings. The average Bonchev–Trinajstić information content (AvgIpc) is 3.54. The topological polar surface area (TPSA) is 98.1 Å². The highest BCUT2D eigenvalue weighted by Crippen LogP contribution is 2.38. The van der Waals surface area contributed by atoms with Crippen LogP contribution in [0.5, 0.6) is 17.2 Å². The zero-order valence-electron chi connectivity index (χ0n) is 23.9. The molecule has 1 aromatic heterocycles. The molecule has 0 radical (unpaired) electrons. The lowest BCUT2D eigenvalue weighted by Crippen LogP contribution is -2.48. The van der Waals surface area contributed by atoms with Crippen LogP contribution in [0.4, 0.5) is 11.4 Å². The molecule has 3 N–H and O–H groups in total. The van der Waals surface area contributed by atoms with Crippen LogP contribution in [0.1, 0.15) is 50.0 Å². The van der Waals surface area contributed by atoms with Crippen molar-refractivity contribution in [2.45, 2.75) is 39.5 Å². The number of amides is 1. The summed E-state index contributed by atoms with van der Waals surface area (Å²) >= 11 is 1.54. The maximum atomic E-state index is 13.0. The highest BCUT2D eigenvalue weighted by atomic mass is 32.1. The molecule has 9 heteroatoms. The standard InChI is InChI=1S/C32H40N4O4S/c1-3-5-19-39-27-22-24(23-28(31(27)38)40-20-6-4-2)9-14-30(37)36-17-15-35(16-18-36)26-12-10-25(11-13-26)34-32(33)29-8-7-21-41-29/h7-14,21-23,38H,3-6,15-20H2,1-2H3,(H2,33,34). The minimum atomic E-state index is -0.0498. The fourth-order valence-corrected chi connectivity index (χ4v) is 5.04. The molecule has 3 aromatic rings. The normalized spacial score (nSPS) is 13.4.